The van der Waals surface area contributed by atoms with Crippen molar-refractivity contribution in [1.82, 2.24) is 19.5 Å². The number of nitrogens with one attached hydrogen (secondary N) is 1. The Morgan fingerprint density at radius 3 is 2.71 bits per heavy atom. The van der Waals surface area contributed by atoms with Gasteiger partial charge in [-0.2, -0.15) is 0 Å². The molecule has 146 valence electrons. The number of aliphatic hydroxyl groups excluding tert-OH is 3. The number of hydrogen-bond donors (Lipinski definition) is 4. The first-order valence-corrected chi connectivity index (χ1v) is 8.94. The number of anilines is 1. The number of fused-ring (bicyclic) bond motifs is 1. The van der Waals surface area contributed by atoms with Gasteiger partial charge in [0.05, 0.1) is 0 Å². The van der Waals surface area contributed by atoms with Gasteiger partial charge in [-0.25, -0.2) is 15.0 Å². The topological polar surface area (TPSA) is 126 Å². The molecule has 0 aliphatic carbocycles. The Kier molecular flexibility index (Phi) is 4.84. The monoisotopic (exact) mass is 383 g/mol. The second-order valence-corrected chi connectivity index (χ2v) is 6.70. The van der Waals surface area contributed by atoms with Crippen LogP contribution >= 0.6 is 0 Å². The van der Waals surface area contributed by atoms with E-state index >= 15 is 0 Å². The number of aliphatic hydroxyl groups is 3. The lowest BCUT2D eigenvalue weighted by Crippen LogP contribution is -2.22. The van der Waals surface area contributed by atoms with Gasteiger partial charge in [-0.3, -0.25) is 4.57 Å². The van der Waals surface area contributed by atoms with Crippen molar-refractivity contribution in [2.75, 3.05) is 11.9 Å². The molecule has 0 bridgehead atoms. The van der Waals surface area contributed by atoms with Crippen LogP contribution in [0.4, 0.5) is 5.82 Å². The van der Waals surface area contributed by atoms with Crippen molar-refractivity contribution in [3.63, 3.8) is 0 Å². The number of rotatable bonds is 6. The molecule has 3 atom stereocenters. The molecule has 2 unspecified atom stereocenters. The Morgan fingerprint density at radius 1 is 1.21 bits per heavy atom. The van der Waals surface area contributed by atoms with Crippen LogP contribution in [-0.4, -0.2) is 53.6 Å². The number of benzene rings is 1. The Balaban J connectivity index is 1.57. The smallest absolute Gasteiger partial charge is 0.211 e. The summed E-state index contributed by atoms with van der Waals surface area (Å²) in [5, 5.41) is 32.7. The van der Waals surface area contributed by atoms with Crippen LogP contribution in [0.3, 0.4) is 0 Å². The van der Waals surface area contributed by atoms with Gasteiger partial charge in [-0.05, 0) is 18.9 Å². The fraction of sp³-hybridized carbons (Fsp3) is 0.316. The van der Waals surface area contributed by atoms with E-state index in [0.29, 0.717) is 17.0 Å². The maximum absolute atomic E-state index is 10.2. The van der Waals surface area contributed by atoms with Crippen LogP contribution in [0.1, 0.15) is 18.7 Å². The van der Waals surface area contributed by atoms with Crippen LogP contribution in [0.5, 0.6) is 0 Å². The van der Waals surface area contributed by atoms with Crippen molar-refractivity contribution in [2.24, 2.45) is 0 Å². The number of hydrogen-bond acceptors (Lipinski definition) is 8. The van der Waals surface area contributed by atoms with Crippen LogP contribution in [0.2, 0.25) is 0 Å². The molecule has 1 aromatic carbocycles. The van der Waals surface area contributed by atoms with E-state index in [-0.39, 0.29) is 11.8 Å². The molecule has 0 spiro atoms. The Bertz CT molecular complexity index is 1000. The van der Waals surface area contributed by atoms with E-state index < -0.39 is 24.7 Å². The summed E-state index contributed by atoms with van der Waals surface area (Å²) in [5.41, 5.74) is 2.18. The standard InChI is InChI=1S/C19H21N5O4/c1-11(7-12-5-3-2-4-6-12)23-17-14-18(21-9-20-17)24(10-22-14)19-16(27)15(26)13(8-25)28-19/h2-6,9-11,16,19,25-27H,7-8H2,1H3,(H,20,21,23)/t11?,16?,19-/m1/s1. The van der Waals surface area contributed by atoms with Gasteiger partial charge < -0.3 is 25.4 Å². The van der Waals surface area contributed by atoms with Crippen LogP contribution in [0, 0.1) is 0 Å². The molecule has 28 heavy (non-hydrogen) atoms. The molecule has 9 nitrogen and oxygen atoms in total. The van der Waals surface area contributed by atoms with E-state index in [2.05, 4.69) is 39.3 Å². The first-order chi connectivity index (χ1) is 13.6. The summed E-state index contributed by atoms with van der Waals surface area (Å²) < 4.78 is 6.97. The first kappa shape index (κ1) is 18.2. The van der Waals surface area contributed by atoms with Gasteiger partial charge in [0.25, 0.3) is 0 Å². The van der Waals surface area contributed by atoms with Crippen molar-refractivity contribution < 1.29 is 20.1 Å². The molecule has 1 aliphatic heterocycles. The van der Waals surface area contributed by atoms with Crippen LogP contribution < -0.4 is 5.32 Å². The van der Waals surface area contributed by atoms with Crippen molar-refractivity contribution in [1.29, 1.82) is 0 Å². The minimum Gasteiger partial charge on any atom is -0.506 e. The molecular formula is C19H21N5O4. The van der Waals surface area contributed by atoms with Gasteiger partial charge in [0.2, 0.25) is 6.23 Å². The van der Waals surface area contributed by atoms with Crippen LogP contribution in [0.25, 0.3) is 11.2 Å². The maximum atomic E-state index is 10.2. The Hall–Kier alpha value is -3.17. The predicted octanol–water partition coefficient (Wildman–Crippen LogP) is 1.52. The lowest BCUT2D eigenvalue weighted by atomic mass is 10.1. The molecule has 0 amide bonds. The summed E-state index contributed by atoms with van der Waals surface area (Å²) in [6.45, 7) is 1.54. The highest BCUT2D eigenvalue weighted by molar-refractivity contribution is 5.82. The number of nitrogens with zero attached hydrogens (tertiary/aromatic N) is 4. The highest BCUT2D eigenvalue weighted by Gasteiger charge is 2.37. The van der Waals surface area contributed by atoms with Gasteiger partial charge in [-0.15, -0.1) is 0 Å². The van der Waals surface area contributed by atoms with Gasteiger partial charge in [0.1, 0.15) is 19.3 Å². The van der Waals surface area contributed by atoms with E-state index in [1.54, 1.807) is 0 Å². The third-order valence-corrected chi connectivity index (χ3v) is 4.64. The van der Waals surface area contributed by atoms with Gasteiger partial charge in [-0.1, -0.05) is 30.3 Å². The zero-order chi connectivity index (χ0) is 19.7. The largest absolute Gasteiger partial charge is 0.506 e. The maximum Gasteiger partial charge on any atom is 0.211 e. The third-order valence-electron chi connectivity index (χ3n) is 4.64. The molecule has 3 aromatic rings. The summed E-state index contributed by atoms with van der Waals surface area (Å²) in [6, 6.07) is 10.2. The molecule has 2 aromatic heterocycles. The molecule has 9 heteroatoms. The second kappa shape index (κ2) is 7.45. The van der Waals surface area contributed by atoms with E-state index in [1.165, 1.54) is 22.8 Å². The highest BCUT2D eigenvalue weighted by atomic mass is 16.5. The third kappa shape index (κ3) is 3.25. The van der Waals surface area contributed by atoms with Gasteiger partial charge >= 0.3 is 0 Å². The molecule has 4 rings (SSSR count). The lowest BCUT2D eigenvalue weighted by molar-refractivity contribution is -0.0119. The average Bonchev–Trinajstić information content (AvgIpc) is 3.25. The van der Waals surface area contributed by atoms with E-state index in [0.717, 1.165) is 6.42 Å². The summed E-state index contributed by atoms with van der Waals surface area (Å²) >= 11 is 0. The first-order valence-electron chi connectivity index (χ1n) is 8.94. The summed E-state index contributed by atoms with van der Waals surface area (Å²) in [7, 11) is 0. The normalized spacial score (nSPS) is 20.4. The summed E-state index contributed by atoms with van der Waals surface area (Å²) in [5.74, 6) is 0.112. The van der Waals surface area contributed by atoms with Crippen molar-refractivity contribution in [3.05, 3.63) is 60.1 Å². The van der Waals surface area contributed by atoms with E-state index in [4.69, 9.17) is 4.74 Å². The Labute approximate surface area is 161 Å². The van der Waals surface area contributed by atoms with Crippen molar-refractivity contribution >= 4 is 17.0 Å². The minimum atomic E-state index is -1.32. The lowest BCUT2D eigenvalue weighted by Gasteiger charge is -2.17. The number of ether oxygens (including phenoxy) is 1. The molecule has 0 radical (unpaired) electrons. The molecule has 0 saturated heterocycles. The fourth-order valence-electron chi connectivity index (χ4n) is 3.29. The molecule has 4 N–H and O–H groups in total. The van der Waals surface area contributed by atoms with E-state index in [9.17, 15) is 15.3 Å². The van der Waals surface area contributed by atoms with Crippen molar-refractivity contribution in [3.8, 4) is 0 Å². The quantitative estimate of drug-likeness (QED) is 0.505. The fourth-order valence-corrected chi connectivity index (χ4v) is 3.29. The van der Waals surface area contributed by atoms with Crippen LogP contribution in [-0.2, 0) is 11.2 Å². The van der Waals surface area contributed by atoms with Gasteiger partial charge in [0.15, 0.2) is 34.6 Å². The number of imidazole rings is 1. The number of aromatic nitrogens is 4. The minimum absolute atomic E-state index is 0.0664. The Morgan fingerprint density at radius 2 is 2.00 bits per heavy atom. The molecule has 3 heterocycles. The van der Waals surface area contributed by atoms with Crippen LogP contribution in [0.15, 0.2) is 54.5 Å². The molecule has 1 aliphatic rings. The predicted molar refractivity (Wildman–Crippen MR) is 101 cm³/mol. The summed E-state index contributed by atoms with van der Waals surface area (Å²) in [4.78, 5) is 12.9. The molecule has 0 saturated carbocycles. The average molecular weight is 383 g/mol. The molecular weight excluding hydrogens is 362 g/mol. The highest BCUT2D eigenvalue weighted by Crippen LogP contribution is 2.33. The zero-order valence-corrected chi connectivity index (χ0v) is 15.2. The molecule has 0 fully saturated rings. The summed E-state index contributed by atoms with van der Waals surface area (Å²) in [6.07, 6.45) is 1.41. The van der Waals surface area contributed by atoms with E-state index in [1.807, 2.05) is 18.2 Å². The SMILES string of the molecule is CC(Cc1ccccc1)Nc1ncnc2c1ncn2[C@@H]1OC(CO)=C(O)C1O. The second-order valence-electron chi connectivity index (χ2n) is 6.70. The van der Waals surface area contributed by atoms with Crippen molar-refractivity contribution in [2.45, 2.75) is 31.7 Å². The zero-order valence-electron chi connectivity index (χ0n) is 15.2. The van der Waals surface area contributed by atoms with Gasteiger partial charge in [0, 0.05) is 6.04 Å².